The lowest BCUT2D eigenvalue weighted by atomic mass is 10.2. The van der Waals surface area contributed by atoms with Crippen LogP contribution in [0.4, 0.5) is 0 Å². The van der Waals surface area contributed by atoms with Gasteiger partial charge in [0.15, 0.2) is 0 Å². The second-order valence-electron chi connectivity index (χ2n) is 3.23. The fraction of sp³-hybridized carbons (Fsp3) is 0.154. The number of aromatic nitrogens is 1. The summed E-state index contributed by atoms with van der Waals surface area (Å²) in [5.74, 6) is 6.16. The van der Waals surface area contributed by atoms with Crippen molar-refractivity contribution >= 4 is 0 Å². The Morgan fingerprint density at radius 1 is 1.19 bits per heavy atom. The Kier molecular flexibility index (Phi) is 3.37. The fourth-order valence-corrected chi connectivity index (χ4v) is 1.24. The van der Waals surface area contributed by atoms with Crippen LogP contribution in [0, 0.1) is 11.8 Å². The molecule has 0 unspecified atom stereocenters. The Bertz CT molecular complexity index is 505. The summed E-state index contributed by atoms with van der Waals surface area (Å²) in [6.07, 6.45) is 2.02. The summed E-state index contributed by atoms with van der Waals surface area (Å²) in [4.78, 5) is 4.11. The minimum atomic E-state index is 0.0675. The standard InChI is InChI=1S/C13H11NO2/c15-9-8-12-10-16-13(14-12)7-6-11-4-2-1-3-5-11/h1-5,10,15H,8-9H2. The van der Waals surface area contributed by atoms with Crippen LogP contribution in [0.1, 0.15) is 17.1 Å². The first kappa shape index (κ1) is 10.5. The zero-order valence-electron chi connectivity index (χ0n) is 8.68. The average molecular weight is 213 g/mol. The van der Waals surface area contributed by atoms with Crippen molar-refractivity contribution in [2.75, 3.05) is 6.61 Å². The zero-order valence-corrected chi connectivity index (χ0v) is 8.68. The van der Waals surface area contributed by atoms with Crippen molar-refractivity contribution in [2.24, 2.45) is 0 Å². The molecule has 1 aromatic carbocycles. The smallest absolute Gasteiger partial charge is 0.273 e. The summed E-state index contributed by atoms with van der Waals surface area (Å²) in [5, 5.41) is 8.72. The van der Waals surface area contributed by atoms with Gasteiger partial charge in [-0.2, -0.15) is 0 Å². The number of benzene rings is 1. The van der Waals surface area contributed by atoms with Crippen LogP contribution in [0.25, 0.3) is 0 Å². The predicted octanol–water partition coefficient (Wildman–Crippen LogP) is 1.61. The molecule has 0 radical (unpaired) electrons. The van der Waals surface area contributed by atoms with Gasteiger partial charge in [0.05, 0.1) is 5.69 Å². The lowest BCUT2D eigenvalue weighted by Gasteiger charge is -1.85. The number of oxazole rings is 1. The maximum atomic E-state index is 8.72. The van der Waals surface area contributed by atoms with Gasteiger partial charge in [-0.3, -0.25) is 0 Å². The van der Waals surface area contributed by atoms with Crippen LogP contribution in [-0.2, 0) is 6.42 Å². The van der Waals surface area contributed by atoms with Gasteiger partial charge in [-0.1, -0.05) is 24.1 Å². The molecule has 0 saturated heterocycles. The topological polar surface area (TPSA) is 46.3 Å². The Balaban J connectivity index is 2.12. The largest absolute Gasteiger partial charge is 0.438 e. The van der Waals surface area contributed by atoms with Crippen LogP contribution in [0.15, 0.2) is 41.0 Å². The van der Waals surface area contributed by atoms with Crippen molar-refractivity contribution in [3.05, 3.63) is 53.7 Å². The van der Waals surface area contributed by atoms with Gasteiger partial charge in [0.2, 0.25) is 0 Å². The molecule has 0 fully saturated rings. The van der Waals surface area contributed by atoms with Crippen molar-refractivity contribution in [3.63, 3.8) is 0 Å². The molecular weight excluding hydrogens is 202 g/mol. The molecule has 80 valence electrons. The van der Waals surface area contributed by atoms with E-state index in [1.165, 1.54) is 6.26 Å². The Morgan fingerprint density at radius 3 is 2.75 bits per heavy atom. The van der Waals surface area contributed by atoms with Crippen LogP contribution in [0.3, 0.4) is 0 Å². The van der Waals surface area contributed by atoms with Gasteiger partial charge in [-0.05, 0) is 18.1 Å². The van der Waals surface area contributed by atoms with Gasteiger partial charge in [0.25, 0.3) is 5.89 Å². The number of aliphatic hydroxyl groups is 1. The van der Waals surface area contributed by atoms with E-state index in [1.54, 1.807) is 0 Å². The Labute approximate surface area is 93.8 Å². The SMILES string of the molecule is OCCc1coc(C#Cc2ccccc2)n1. The first-order valence-corrected chi connectivity index (χ1v) is 5.01. The highest BCUT2D eigenvalue weighted by atomic mass is 16.3. The van der Waals surface area contributed by atoms with Gasteiger partial charge >= 0.3 is 0 Å². The van der Waals surface area contributed by atoms with E-state index >= 15 is 0 Å². The van der Waals surface area contributed by atoms with Crippen LogP contribution < -0.4 is 0 Å². The third-order valence-electron chi connectivity index (χ3n) is 2.01. The van der Waals surface area contributed by atoms with E-state index in [-0.39, 0.29) is 6.61 Å². The van der Waals surface area contributed by atoms with Gasteiger partial charge in [-0.15, -0.1) is 0 Å². The summed E-state index contributed by atoms with van der Waals surface area (Å²) >= 11 is 0. The molecule has 0 bridgehead atoms. The van der Waals surface area contributed by atoms with E-state index in [4.69, 9.17) is 9.52 Å². The highest BCUT2D eigenvalue weighted by Crippen LogP contribution is 2.02. The minimum Gasteiger partial charge on any atom is -0.438 e. The third kappa shape index (κ3) is 2.72. The maximum absolute atomic E-state index is 8.72. The molecule has 1 heterocycles. The fourth-order valence-electron chi connectivity index (χ4n) is 1.24. The molecule has 0 spiro atoms. The third-order valence-corrected chi connectivity index (χ3v) is 2.01. The molecule has 1 aromatic heterocycles. The molecule has 1 N–H and O–H groups in total. The summed E-state index contributed by atoms with van der Waals surface area (Å²) in [6.45, 7) is 0.0675. The van der Waals surface area contributed by atoms with E-state index in [9.17, 15) is 0 Å². The van der Waals surface area contributed by atoms with E-state index in [1.807, 2.05) is 30.3 Å². The van der Waals surface area contributed by atoms with Gasteiger partial charge in [0, 0.05) is 18.6 Å². The van der Waals surface area contributed by atoms with Crippen molar-refractivity contribution in [1.82, 2.24) is 4.98 Å². The second kappa shape index (κ2) is 5.15. The number of hydrogen-bond donors (Lipinski definition) is 1. The lowest BCUT2D eigenvalue weighted by Crippen LogP contribution is -1.90. The molecule has 3 heteroatoms. The maximum Gasteiger partial charge on any atom is 0.273 e. The van der Waals surface area contributed by atoms with Crippen LogP contribution in [0.5, 0.6) is 0 Å². The Hall–Kier alpha value is -2.05. The summed E-state index contributed by atoms with van der Waals surface area (Å²) in [7, 11) is 0. The lowest BCUT2D eigenvalue weighted by molar-refractivity contribution is 0.298. The normalized spacial score (nSPS) is 9.56. The molecule has 2 rings (SSSR count). The first-order valence-electron chi connectivity index (χ1n) is 5.01. The summed E-state index contributed by atoms with van der Waals surface area (Å²) < 4.78 is 5.14. The minimum absolute atomic E-state index is 0.0675. The van der Waals surface area contributed by atoms with Crippen molar-refractivity contribution in [1.29, 1.82) is 0 Å². The van der Waals surface area contributed by atoms with E-state index in [0.29, 0.717) is 12.3 Å². The molecule has 16 heavy (non-hydrogen) atoms. The highest BCUT2D eigenvalue weighted by Gasteiger charge is 1.99. The molecule has 0 amide bonds. The van der Waals surface area contributed by atoms with Crippen molar-refractivity contribution in [2.45, 2.75) is 6.42 Å². The zero-order chi connectivity index (χ0) is 11.2. The monoisotopic (exact) mass is 213 g/mol. The van der Waals surface area contributed by atoms with Crippen molar-refractivity contribution in [3.8, 4) is 11.8 Å². The van der Waals surface area contributed by atoms with Crippen LogP contribution in [0.2, 0.25) is 0 Å². The summed E-state index contributed by atoms with van der Waals surface area (Å²) in [6, 6.07) is 9.64. The van der Waals surface area contributed by atoms with E-state index < -0.39 is 0 Å². The molecule has 2 aromatic rings. The molecule has 0 aliphatic rings. The number of hydrogen-bond acceptors (Lipinski definition) is 3. The first-order chi connectivity index (χ1) is 7.88. The average Bonchev–Trinajstić information content (AvgIpc) is 2.76. The number of aliphatic hydroxyl groups excluding tert-OH is 1. The van der Waals surface area contributed by atoms with Crippen LogP contribution in [-0.4, -0.2) is 16.7 Å². The van der Waals surface area contributed by atoms with Gasteiger partial charge in [0.1, 0.15) is 6.26 Å². The number of rotatable bonds is 2. The van der Waals surface area contributed by atoms with Crippen molar-refractivity contribution < 1.29 is 9.52 Å². The van der Waals surface area contributed by atoms with E-state index in [0.717, 1.165) is 11.3 Å². The highest BCUT2D eigenvalue weighted by molar-refractivity contribution is 5.37. The summed E-state index contributed by atoms with van der Waals surface area (Å²) in [5.41, 5.74) is 1.64. The second-order valence-corrected chi connectivity index (χ2v) is 3.23. The molecule has 0 saturated carbocycles. The predicted molar refractivity (Wildman–Crippen MR) is 59.7 cm³/mol. The quantitative estimate of drug-likeness (QED) is 0.771. The van der Waals surface area contributed by atoms with E-state index in [2.05, 4.69) is 16.8 Å². The molecule has 0 aliphatic carbocycles. The van der Waals surface area contributed by atoms with Gasteiger partial charge in [-0.25, -0.2) is 4.98 Å². The number of nitrogens with zero attached hydrogens (tertiary/aromatic N) is 1. The molecular formula is C13H11NO2. The van der Waals surface area contributed by atoms with Gasteiger partial charge < -0.3 is 9.52 Å². The molecule has 0 atom stereocenters. The van der Waals surface area contributed by atoms with Crippen LogP contribution >= 0.6 is 0 Å². The molecule has 3 nitrogen and oxygen atoms in total. The molecule has 0 aliphatic heterocycles. The Morgan fingerprint density at radius 2 is 2.00 bits per heavy atom.